The highest BCUT2D eigenvalue weighted by Crippen LogP contribution is 2.29. The molecule has 4 aromatic rings. The third-order valence-corrected chi connectivity index (χ3v) is 8.66. The van der Waals surface area contributed by atoms with E-state index in [2.05, 4.69) is 63.5 Å². The highest BCUT2D eigenvalue weighted by Gasteiger charge is 2.35. The number of aromatic nitrogens is 6. The summed E-state index contributed by atoms with van der Waals surface area (Å²) in [6.07, 6.45) is 0.800. The number of nitrogens with one attached hydrogen (secondary N) is 2. The number of ether oxygens (including phenoxy) is 2. The molecule has 2 aromatic carbocycles. The number of benzene rings is 2. The van der Waals surface area contributed by atoms with Gasteiger partial charge in [0.25, 0.3) is 5.91 Å². The number of hydrogen-bond donors (Lipinski definition) is 2. The number of carbonyl (C=O) groups excluding carboxylic acids is 1. The van der Waals surface area contributed by atoms with Crippen LogP contribution in [0, 0.1) is 18.3 Å². The maximum absolute atomic E-state index is 15.1. The van der Waals surface area contributed by atoms with Crippen LogP contribution in [0.5, 0.6) is 5.75 Å². The number of alkyl halides is 1. The molecule has 0 saturated carbocycles. The molecule has 2 N–H and O–H groups in total. The molecule has 0 radical (unpaired) electrons. The van der Waals surface area contributed by atoms with Crippen molar-refractivity contribution in [3.63, 3.8) is 0 Å². The summed E-state index contributed by atoms with van der Waals surface area (Å²) < 4.78 is 26.7. The standard InChI is InChI=1S/C32H34FN11O3/c1-20-37-30(41-40-20)31(45)44-10-8-27(25(33)18-44)47-26-7-2-21(16-22(26)17-34)29-35-19-36-32(39-29)38-23-3-5-24(6-4-23)42-11-13-43(14-12-42)28-9-15-46-28/h2-7,16,19,25,27-28H,8-15,18H2,1H3,(H,37,40,41)(H,35,36,38,39)/t25-,27+,28?/m1/s1. The number of carbonyl (C=O) groups is 1. The van der Waals surface area contributed by atoms with Crippen LogP contribution in [0.1, 0.15) is 34.8 Å². The van der Waals surface area contributed by atoms with Gasteiger partial charge in [-0.3, -0.25) is 14.8 Å². The van der Waals surface area contributed by atoms with Crippen molar-refractivity contribution in [3.05, 3.63) is 66.0 Å². The molecule has 3 aliphatic rings. The van der Waals surface area contributed by atoms with Gasteiger partial charge in [0.2, 0.25) is 11.8 Å². The maximum Gasteiger partial charge on any atom is 0.291 e. The Hall–Kier alpha value is -5.20. The lowest BCUT2D eigenvalue weighted by Gasteiger charge is -2.43. The Bertz CT molecular complexity index is 1770. The van der Waals surface area contributed by atoms with E-state index >= 15 is 4.39 Å². The molecule has 0 bridgehead atoms. The molecule has 3 aliphatic heterocycles. The van der Waals surface area contributed by atoms with Crippen LogP contribution in [0.3, 0.4) is 0 Å². The van der Waals surface area contributed by atoms with Gasteiger partial charge in [-0.2, -0.15) is 15.3 Å². The van der Waals surface area contributed by atoms with E-state index in [0.717, 1.165) is 50.6 Å². The van der Waals surface area contributed by atoms with Crippen LogP contribution >= 0.6 is 0 Å². The Morgan fingerprint density at radius 3 is 2.57 bits per heavy atom. The fraction of sp³-hybridized carbons (Fsp3) is 0.406. The van der Waals surface area contributed by atoms with E-state index < -0.39 is 18.2 Å². The number of rotatable bonds is 8. The minimum Gasteiger partial charge on any atom is -0.486 e. The first kappa shape index (κ1) is 30.5. The first-order chi connectivity index (χ1) is 22.9. The number of likely N-dealkylation sites (tertiary alicyclic amines) is 1. The smallest absolute Gasteiger partial charge is 0.291 e. The summed E-state index contributed by atoms with van der Waals surface area (Å²) in [5, 5.41) is 19.5. The fourth-order valence-corrected chi connectivity index (χ4v) is 5.97. The molecule has 15 heteroatoms. The van der Waals surface area contributed by atoms with E-state index in [1.807, 2.05) is 12.1 Å². The maximum atomic E-state index is 15.1. The van der Waals surface area contributed by atoms with Crippen molar-refractivity contribution in [2.75, 3.05) is 56.1 Å². The van der Waals surface area contributed by atoms with Crippen molar-refractivity contribution in [2.45, 2.75) is 38.3 Å². The number of H-pyrrole nitrogens is 1. The van der Waals surface area contributed by atoms with E-state index in [4.69, 9.17) is 9.47 Å². The molecule has 242 valence electrons. The number of hydrogen-bond acceptors (Lipinski definition) is 12. The summed E-state index contributed by atoms with van der Waals surface area (Å²) in [6, 6.07) is 15.2. The number of piperazine rings is 1. The van der Waals surface area contributed by atoms with Crippen LogP contribution < -0.4 is 15.0 Å². The van der Waals surface area contributed by atoms with Crippen LogP contribution in [0.2, 0.25) is 0 Å². The van der Waals surface area contributed by atoms with E-state index in [1.54, 1.807) is 25.1 Å². The summed E-state index contributed by atoms with van der Waals surface area (Å²) in [5.41, 5.74) is 2.79. The molecule has 3 saturated heterocycles. The van der Waals surface area contributed by atoms with Crippen molar-refractivity contribution in [1.82, 2.24) is 39.9 Å². The molecule has 2 aromatic heterocycles. The van der Waals surface area contributed by atoms with E-state index in [1.165, 1.54) is 11.2 Å². The number of anilines is 3. The highest BCUT2D eigenvalue weighted by atomic mass is 19.1. The lowest BCUT2D eigenvalue weighted by molar-refractivity contribution is -0.145. The molecule has 3 fully saturated rings. The highest BCUT2D eigenvalue weighted by molar-refractivity contribution is 5.90. The molecule has 1 unspecified atom stereocenters. The number of aryl methyl sites for hydroxylation is 1. The van der Waals surface area contributed by atoms with Gasteiger partial charge in [0, 0.05) is 62.5 Å². The van der Waals surface area contributed by atoms with Crippen LogP contribution in [0.15, 0.2) is 48.8 Å². The third-order valence-electron chi connectivity index (χ3n) is 8.66. The molecule has 0 spiro atoms. The lowest BCUT2D eigenvalue weighted by Crippen LogP contribution is -2.54. The van der Waals surface area contributed by atoms with Gasteiger partial charge in [-0.25, -0.2) is 19.3 Å². The predicted octanol–water partition coefficient (Wildman–Crippen LogP) is 3.08. The normalized spacial score (nSPS) is 21.5. The Morgan fingerprint density at radius 2 is 1.89 bits per heavy atom. The van der Waals surface area contributed by atoms with Gasteiger partial charge in [0.05, 0.1) is 18.7 Å². The summed E-state index contributed by atoms with van der Waals surface area (Å²) in [7, 11) is 0. The molecular weight excluding hydrogens is 605 g/mol. The van der Waals surface area contributed by atoms with Crippen molar-refractivity contribution >= 4 is 23.2 Å². The zero-order valence-corrected chi connectivity index (χ0v) is 25.8. The number of nitrogens with zero attached hydrogens (tertiary/aromatic N) is 9. The van der Waals surface area contributed by atoms with E-state index in [9.17, 15) is 10.1 Å². The Balaban J connectivity index is 0.965. The van der Waals surface area contributed by atoms with Gasteiger partial charge < -0.3 is 24.6 Å². The average Bonchev–Trinajstić information content (AvgIpc) is 3.51. The largest absolute Gasteiger partial charge is 0.486 e. The van der Waals surface area contributed by atoms with E-state index in [-0.39, 0.29) is 36.6 Å². The molecule has 14 nitrogen and oxygen atoms in total. The number of aromatic amines is 1. The molecule has 0 aliphatic carbocycles. The molecule has 1 amide bonds. The quantitative estimate of drug-likeness (QED) is 0.290. The average molecular weight is 640 g/mol. The zero-order valence-electron chi connectivity index (χ0n) is 25.8. The Morgan fingerprint density at radius 1 is 1.09 bits per heavy atom. The van der Waals surface area contributed by atoms with Gasteiger partial charge in [-0.1, -0.05) is 0 Å². The molecule has 5 heterocycles. The summed E-state index contributed by atoms with van der Waals surface area (Å²) in [4.78, 5) is 36.0. The van der Waals surface area contributed by atoms with Gasteiger partial charge in [0.15, 0.2) is 12.0 Å². The Kier molecular flexibility index (Phi) is 8.60. The second-order valence-electron chi connectivity index (χ2n) is 11.7. The molecular formula is C32H34FN11O3. The van der Waals surface area contributed by atoms with Crippen LogP contribution in [-0.2, 0) is 4.74 Å². The van der Waals surface area contributed by atoms with Crippen LogP contribution in [-0.4, -0.2) is 110 Å². The minimum absolute atomic E-state index is 0.0749. The summed E-state index contributed by atoms with van der Waals surface area (Å²) in [5.74, 6) is 1.07. The molecule has 3 atom stereocenters. The molecule has 47 heavy (non-hydrogen) atoms. The van der Waals surface area contributed by atoms with Gasteiger partial charge >= 0.3 is 0 Å². The Labute approximate surface area is 270 Å². The monoisotopic (exact) mass is 639 g/mol. The zero-order chi connectivity index (χ0) is 32.3. The topological polar surface area (TPSA) is 161 Å². The first-order valence-corrected chi connectivity index (χ1v) is 15.6. The van der Waals surface area contributed by atoms with Gasteiger partial charge in [-0.15, -0.1) is 0 Å². The second-order valence-corrected chi connectivity index (χ2v) is 11.7. The SMILES string of the molecule is Cc1n[nH]c(C(=O)N2CC[C@H](Oc3ccc(-c4ncnc(Nc5ccc(N6CCN(C7CCO7)CC6)cc5)n4)cc3C#N)[C@H](F)C2)n1. The number of halogens is 1. The fourth-order valence-electron chi connectivity index (χ4n) is 5.97. The van der Waals surface area contributed by atoms with Gasteiger partial charge in [-0.05, 0) is 49.4 Å². The van der Waals surface area contributed by atoms with Crippen LogP contribution in [0.25, 0.3) is 11.4 Å². The third kappa shape index (κ3) is 6.69. The van der Waals surface area contributed by atoms with Gasteiger partial charge in [0.1, 0.15) is 36.3 Å². The number of amides is 1. The summed E-state index contributed by atoms with van der Waals surface area (Å²) >= 11 is 0. The predicted molar refractivity (Wildman–Crippen MR) is 169 cm³/mol. The van der Waals surface area contributed by atoms with Crippen molar-refractivity contribution in [1.29, 1.82) is 5.26 Å². The van der Waals surface area contributed by atoms with Crippen molar-refractivity contribution < 1.29 is 18.7 Å². The molecule has 7 rings (SSSR count). The summed E-state index contributed by atoms with van der Waals surface area (Å²) in [6.45, 7) is 6.54. The first-order valence-electron chi connectivity index (χ1n) is 15.6. The van der Waals surface area contributed by atoms with Crippen molar-refractivity contribution in [3.8, 4) is 23.2 Å². The van der Waals surface area contributed by atoms with E-state index in [0.29, 0.717) is 29.4 Å². The minimum atomic E-state index is -1.45. The number of piperidine rings is 1. The second kappa shape index (κ2) is 13.3. The van der Waals surface area contributed by atoms with Crippen LogP contribution in [0.4, 0.5) is 21.7 Å². The lowest BCUT2D eigenvalue weighted by atomic mass is 10.0. The number of nitriles is 1. The van der Waals surface area contributed by atoms with Crippen molar-refractivity contribution in [2.24, 2.45) is 0 Å².